The third-order valence-electron chi connectivity index (χ3n) is 2.36. The Morgan fingerprint density at radius 2 is 2.21 bits per heavy atom. The zero-order chi connectivity index (χ0) is 13.7. The summed E-state index contributed by atoms with van der Waals surface area (Å²) in [4.78, 5) is 14.5. The first-order valence-corrected chi connectivity index (χ1v) is 5.53. The Labute approximate surface area is 109 Å². The van der Waals surface area contributed by atoms with E-state index in [0.717, 1.165) is 0 Å². The van der Waals surface area contributed by atoms with Gasteiger partial charge in [0.05, 0.1) is 6.42 Å². The summed E-state index contributed by atoms with van der Waals surface area (Å²) in [7, 11) is 0. The first-order valence-electron chi connectivity index (χ1n) is 5.53. The molecule has 0 unspecified atom stereocenters. The predicted molar refractivity (Wildman–Crippen MR) is 66.8 cm³/mol. The summed E-state index contributed by atoms with van der Waals surface area (Å²) in [5.41, 5.74) is 0.818. The van der Waals surface area contributed by atoms with Crippen LogP contribution < -0.4 is 4.74 Å². The van der Waals surface area contributed by atoms with Gasteiger partial charge in [-0.1, -0.05) is 12.1 Å². The standard InChI is InChI=1S/C14H10N2O3/c15-9-12-13(5-2-6-16-12)19-11-4-1-3-10(7-11)8-14(17)18/h1-7H,8H2,(H,17,18). The number of aliphatic carboxylic acids is 1. The van der Waals surface area contributed by atoms with E-state index in [2.05, 4.69) is 4.98 Å². The lowest BCUT2D eigenvalue weighted by Gasteiger charge is -2.07. The number of carboxylic acids is 1. The molecule has 0 aliphatic heterocycles. The van der Waals surface area contributed by atoms with Gasteiger partial charge in [-0.15, -0.1) is 0 Å². The van der Waals surface area contributed by atoms with Crippen LogP contribution in [0.4, 0.5) is 0 Å². The highest BCUT2D eigenvalue weighted by atomic mass is 16.5. The number of carbonyl (C=O) groups is 1. The number of hydrogen-bond donors (Lipinski definition) is 1. The first kappa shape index (κ1) is 12.6. The zero-order valence-corrected chi connectivity index (χ0v) is 9.91. The molecular formula is C14H10N2O3. The van der Waals surface area contributed by atoms with Crippen molar-refractivity contribution in [2.75, 3.05) is 0 Å². The van der Waals surface area contributed by atoms with Gasteiger partial charge in [0.1, 0.15) is 11.8 Å². The minimum atomic E-state index is -0.906. The van der Waals surface area contributed by atoms with Crippen LogP contribution in [-0.4, -0.2) is 16.1 Å². The lowest BCUT2D eigenvalue weighted by atomic mass is 10.1. The number of benzene rings is 1. The Bertz CT molecular complexity index is 647. The lowest BCUT2D eigenvalue weighted by Crippen LogP contribution is -2.00. The van der Waals surface area contributed by atoms with Gasteiger partial charge in [0.15, 0.2) is 11.4 Å². The van der Waals surface area contributed by atoms with Crippen molar-refractivity contribution in [2.45, 2.75) is 6.42 Å². The molecule has 0 aliphatic carbocycles. The van der Waals surface area contributed by atoms with Crippen molar-refractivity contribution >= 4 is 5.97 Å². The van der Waals surface area contributed by atoms with Crippen molar-refractivity contribution in [1.82, 2.24) is 4.98 Å². The van der Waals surface area contributed by atoms with E-state index in [1.165, 1.54) is 6.20 Å². The molecule has 5 heteroatoms. The number of aromatic nitrogens is 1. The van der Waals surface area contributed by atoms with E-state index in [4.69, 9.17) is 15.1 Å². The van der Waals surface area contributed by atoms with Gasteiger partial charge in [-0.2, -0.15) is 5.26 Å². The van der Waals surface area contributed by atoms with Crippen LogP contribution in [0.25, 0.3) is 0 Å². The SMILES string of the molecule is N#Cc1ncccc1Oc1cccc(CC(=O)O)c1. The highest BCUT2D eigenvalue weighted by Gasteiger charge is 2.06. The summed E-state index contributed by atoms with van der Waals surface area (Å²) in [6.07, 6.45) is 1.43. The third-order valence-corrected chi connectivity index (χ3v) is 2.36. The average molecular weight is 254 g/mol. The Morgan fingerprint density at radius 3 is 2.95 bits per heavy atom. The van der Waals surface area contributed by atoms with Gasteiger partial charge in [0.2, 0.25) is 0 Å². The Morgan fingerprint density at radius 1 is 1.37 bits per heavy atom. The molecule has 94 valence electrons. The highest BCUT2D eigenvalue weighted by Crippen LogP contribution is 2.24. The summed E-state index contributed by atoms with van der Waals surface area (Å²) >= 11 is 0. The van der Waals surface area contributed by atoms with E-state index in [9.17, 15) is 4.79 Å². The van der Waals surface area contributed by atoms with Crippen LogP contribution in [-0.2, 0) is 11.2 Å². The van der Waals surface area contributed by atoms with Crippen molar-refractivity contribution in [1.29, 1.82) is 5.26 Å². The zero-order valence-electron chi connectivity index (χ0n) is 9.91. The molecule has 0 radical (unpaired) electrons. The van der Waals surface area contributed by atoms with Crippen molar-refractivity contribution in [3.05, 3.63) is 53.9 Å². The third kappa shape index (κ3) is 3.30. The average Bonchev–Trinajstić information content (AvgIpc) is 2.39. The van der Waals surface area contributed by atoms with Crippen molar-refractivity contribution < 1.29 is 14.6 Å². The predicted octanol–water partition coefficient (Wildman–Crippen LogP) is 2.37. The fourth-order valence-electron chi connectivity index (χ4n) is 1.58. The van der Waals surface area contributed by atoms with Gasteiger partial charge in [0, 0.05) is 6.20 Å². The molecule has 1 aromatic heterocycles. The van der Waals surface area contributed by atoms with Crippen LogP contribution in [0.5, 0.6) is 11.5 Å². The minimum absolute atomic E-state index is 0.0741. The van der Waals surface area contributed by atoms with Gasteiger partial charge in [-0.05, 0) is 29.8 Å². The van der Waals surface area contributed by atoms with Gasteiger partial charge < -0.3 is 9.84 Å². The number of nitriles is 1. The number of carboxylic acid groups (broad SMARTS) is 1. The monoisotopic (exact) mass is 254 g/mol. The second kappa shape index (κ2) is 5.65. The molecular weight excluding hydrogens is 244 g/mol. The first-order chi connectivity index (χ1) is 9.19. The van der Waals surface area contributed by atoms with Gasteiger partial charge in [0.25, 0.3) is 0 Å². The van der Waals surface area contributed by atoms with Gasteiger partial charge in [-0.25, -0.2) is 4.98 Å². The number of rotatable bonds is 4. The Balaban J connectivity index is 2.24. The topological polar surface area (TPSA) is 83.2 Å². The van der Waals surface area contributed by atoms with Crippen LogP contribution >= 0.6 is 0 Å². The van der Waals surface area contributed by atoms with Crippen LogP contribution in [0.1, 0.15) is 11.3 Å². The molecule has 2 rings (SSSR count). The number of nitrogens with zero attached hydrogens (tertiary/aromatic N) is 2. The molecule has 0 saturated heterocycles. The van der Waals surface area contributed by atoms with Crippen LogP contribution in [0.3, 0.4) is 0 Å². The van der Waals surface area contributed by atoms with E-state index < -0.39 is 5.97 Å². The second-order valence-corrected chi connectivity index (χ2v) is 3.78. The summed E-state index contributed by atoms with van der Waals surface area (Å²) in [5, 5.41) is 17.6. The highest BCUT2D eigenvalue weighted by molar-refractivity contribution is 5.70. The molecule has 0 amide bonds. The largest absolute Gasteiger partial charge is 0.481 e. The van der Waals surface area contributed by atoms with E-state index in [1.807, 2.05) is 6.07 Å². The minimum Gasteiger partial charge on any atom is -0.481 e. The Kier molecular flexibility index (Phi) is 3.74. The van der Waals surface area contributed by atoms with Crippen molar-refractivity contribution in [2.24, 2.45) is 0 Å². The molecule has 0 atom stereocenters. The molecule has 0 spiro atoms. The van der Waals surface area contributed by atoms with Crippen molar-refractivity contribution in [3.63, 3.8) is 0 Å². The maximum Gasteiger partial charge on any atom is 0.307 e. The summed E-state index contributed by atoms with van der Waals surface area (Å²) in [6.45, 7) is 0. The normalized spacial score (nSPS) is 9.63. The number of pyridine rings is 1. The van der Waals surface area contributed by atoms with E-state index in [-0.39, 0.29) is 12.1 Å². The molecule has 1 heterocycles. The molecule has 0 fully saturated rings. The van der Waals surface area contributed by atoms with Gasteiger partial charge >= 0.3 is 5.97 Å². The van der Waals surface area contributed by atoms with E-state index >= 15 is 0 Å². The summed E-state index contributed by atoms with van der Waals surface area (Å²) in [6, 6.07) is 12.0. The molecule has 5 nitrogen and oxygen atoms in total. The maximum absolute atomic E-state index is 10.6. The quantitative estimate of drug-likeness (QED) is 0.905. The molecule has 1 N–H and O–H groups in total. The van der Waals surface area contributed by atoms with E-state index in [1.54, 1.807) is 36.4 Å². The molecule has 0 saturated carbocycles. The fraction of sp³-hybridized carbons (Fsp3) is 0.0714. The maximum atomic E-state index is 10.6. The number of ether oxygens (including phenoxy) is 1. The number of hydrogen-bond acceptors (Lipinski definition) is 4. The van der Waals surface area contributed by atoms with E-state index in [0.29, 0.717) is 17.1 Å². The molecule has 19 heavy (non-hydrogen) atoms. The van der Waals surface area contributed by atoms with Crippen LogP contribution in [0.2, 0.25) is 0 Å². The van der Waals surface area contributed by atoms with Crippen LogP contribution in [0, 0.1) is 11.3 Å². The second-order valence-electron chi connectivity index (χ2n) is 3.78. The molecule has 0 bridgehead atoms. The van der Waals surface area contributed by atoms with Gasteiger partial charge in [-0.3, -0.25) is 4.79 Å². The smallest absolute Gasteiger partial charge is 0.307 e. The molecule has 0 aliphatic rings. The van der Waals surface area contributed by atoms with Crippen LogP contribution in [0.15, 0.2) is 42.6 Å². The Hall–Kier alpha value is -2.87. The molecule has 2 aromatic rings. The fourth-order valence-corrected chi connectivity index (χ4v) is 1.58. The lowest BCUT2D eigenvalue weighted by molar-refractivity contribution is -0.136. The molecule has 1 aromatic carbocycles. The summed E-state index contributed by atoms with van der Waals surface area (Å²) in [5.74, 6) is -0.0861. The summed E-state index contributed by atoms with van der Waals surface area (Å²) < 4.78 is 5.54. The van der Waals surface area contributed by atoms with Crippen molar-refractivity contribution in [3.8, 4) is 17.6 Å².